The predicted molar refractivity (Wildman–Crippen MR) is 140 cm³/mol. The molecule has 3 aromatic rings. The van der Waals surface area contributed by atoms with Gasteiger partial charge in [0.1, 0.15) is 24.6 Å². The molecule has 0 aromatic heterocycles. The number of carbonyl (C=O) groups excluding carboxylic acids is 2. The fourth-order valence-electron chi connectivity index (χ4n) is 5.17. The molecule has 188 valence electrons. The van der Waals surface area contributed by atoms with E-state index in [-0.39, 0.29) is 17.3 Å². The Bertz CT molecular complexity index is 1410. The summed E-state index contributed by atoms with van der Waals surface area (Å²) in [7, 11) is 3.24. The van der Waals surface area contributed by atoms with Crippen LogP contribution in [0.3, 0.4) is 0 Å². The molecule has 2 atom stereocenters. The van der Waals surface area contributed by atoms with Gasteiger partial charge in [0.05, 0.1) is 13.7 Å². The number of amidine groups is 1. The number of carbonyl (C=O) groups is 2. The number of Topliss-reactive ketones (excluding diaryl/α,β-unsaturated/α-hetero) is 2. The van der Waals surface area contributed by atoms with Crippen molar-refractivity contribution >= 4 is 23.5 Å². The van der Waals surface area contributed by atoms with Crippen LogP contribution in [0.5, 0.6) is 11.5 Å². The molecule has 2 aliphatic rings. The summed E-state index contributed by atoms with van der Waals surface area (Å²) in [5.74, 6) is 1.47. The molecule has 7 nitrogen and oxygen atoms in total. The topological polar surface area (TPSA) is 79.1 Å². The number of rotatable bonds is 8. The molecule has 0 bridgehead atoms. The van der Waals surface area contributed by atoms with Crippen molar-refractivity contribution in [3.05, 3.63) is 101 Å². The lowest BCUT2D eigenvalue weighted by molar-refractivity contribution is -0.557. The van der Waals surface area contributed by atoms with Crippen LogP contribution in [-0.4, -0.2) is 71.4 Å². The molecule has 1 N–H and O–H groups in total. The van der Waals surface area contributed by atoms with Crippen LogP contribution in [-0.2, 0) is 11.3 Å². The van der Waals surface area contributed by atoms with Gasteiger partial charge in [-0.3, -0.25) is 9.59 Å². The fraction of sp³-hybridized carbons (Fsp3) is 0.233. The number of hydrogen-bond donors (Lipinski definition) is 1. The van der Waals surface area contributed by atoms with Crippen molar-refractivity contribution < 1.29 is 28.7 Å². The minimum Gasteiger partial charge on any atom is -0.508 e. The molecule has 1 heterocycles. The minimum atomic E-state index is -0.686. The molecule has 2 unspecified atom stereocenters. The molecular weight excluding hydrogens is 468 g/mol. The van der Waals surface area contributed by atoms with E-state index in [0.717, 1.165) is 22.7 Å². The van der Waals surface area contributed by atoms with E-state index in [1.807, 2.05) is 52.0 Å². The summed E-state index contributed by atoms with van der Waals surface area (Å²) in [6, 6.07) is 20.3. The van der Waals surface area contributed by atoms with Gasteiger partial charge in [-0.2, -0.15) is 0 Å². The number of methoxy groups -OCH3 is 2. The monoisotopic (exact) mass is 497 g/mol. The highest BCUT2D eigenvalue weighted by atomic mass is 16.5. The van der Waals surface area contributed by atoms with Crippen molar-refractivity contribution in [1.82, 2.24) is 4.90 Å². The van der Waals surface area contributed by atoms with E-state index in [4.69, 9.17) is 9.47 Å². The second-order valence-electron chi connectivity index (χ2n) is 9.12. The van der Waals surface area contributed by atoms with Gasteiger partial charge in [-0.25, -0.2) is 9.48 Å². The van der Waals surface area contributed by atoms with Crippen molar-refractivity contribution in [2.75, 3.05) is 27.4 Å². The molecule has 3 aromatic carbocycles. The maximum Gasteiger partial charge on any atom is 0.273 e. The lowest BCUT2D eigenvalue weighted by Crippen LogP contribution is -2.53. The normalized spacial score (nSPS) is 18.9. The number of fused-ring (bicyclic) bond motifs is 2. The first-order valence-corrected chi connectivity index (χ1v) is 12.2. The number of hydrogen-bond acceptors (Lipinski definition) is 6. The van der Waals surface area contributed by atoms with Gasteiger partial charge in [0.15, 0.2) is 0 Å². The highest BCUT2D eigenvalue weighted by Crippen LogP contribution is 2.33. The van der Waals surface area contributed by atoms with Gasteiger partial charge >= 0.3 is 0 Å². The van der Waals surface area contributed by atoms with E-state index in [1.165, 1.54) is 0 Å². The average Bonchev–Trinajstić information content (AvgIpc) is 3.22. The number of aromatic hydroxyl groups is 1. The molecule has 0 spiro atoms. The molecule has 0 amide bonds. The molecular formula is C30H29N2O5+. The maximum absolute atomic E-state index is 13.9. The molecule has 0 saturated carbocycles. The molecule has 1 aliphatic heterocycles. The predicted octanol–water partition coefficient (Wildman–Crippen LogP) is 3.80. The Balaban J connectivity index is 1.66. The molecule has 1 aliphatic carbocycles. The van der Waals surface area contributed by atoms with Crippen molar-refractivity contribution in [3.8, 4) is 11.5 Å². The summed E-state index contributed by atoms with van der Waals surface area (Å²) in [6.07, 6.45) is 3.79. The fourth-order valence-corrected chi connectivity index (χ4v) is 5.17. The third kappa shape index (κ3) is 4.66. The Morgan fingerprint density at radius 2 is 1.68 bits per heavy atom. The molecule has 0 fully saturated rings. The van der Waals surface area contributed by atoms with Crippen LogP contribution in [0.1, 0.15) is 31.8 Å². The van der Waals surface area contributed by atoms with Crippen LogP contribution in [0.2, 0.25) is 0 Å². The molecule has 0 radical (unpaired) electrons. The Morgan fingerprint density at radius 3 is 2.41 bits per heavy atom. The summed E-state index contributed by atoms with van der Waals surface area (Å²) >= 11 is 0. The first-order chi connectivity index (χ1) is 18.0. The lowest BCUT2D eigenvalue weighted by atomic mass is 9.82. The van der Waals surface area contributed by atoms with E-state index in [9.17, 15) is 14.7 Å². The van der Waals surface area contributed by atoms with Crippen LogP contribution in [0.4, 0.5) is 0 Å². The van der Waals surface area contributed by atoms with E-state index in [2.05, 4.69) is 0 Å². The van der Waals surface area contributed by atoms with E-state index in [0.29, 0.717) is 30.8 Å². The van der Waals surface area contributed by atoms with Gasteiger partial charge in [-0.05, 0) is 41.5 Å². The molecule has 37 heavy (non-hydrogen) atoms. The first-order valence-electron chi connectivity index (χ1n) is 12.2. The van der Waals surface area contributed by atoms with Crippen molar-refractivity contribution in [2.45, 2.75) is 18.6 Å². The van der Waals surface area contributed by atoms with Gasteiger partial charge in [-0.15, -0.1) is 0 Å². The molecule has 7 heteroatoms. The molecule has 5 rings (SSSR count). The third-order valence-electron chi connectivity index (χ3n) is 6.87. The Kier molecular flexibility index (Phi) is 6.88. The number of ether oxygens (including phenoxy) is 2. The third-order valence-corrected chi connectivity index (χ3v) is 6.87. The van der Waals surface area contributed by atoms with Gasteiger partial charge in [-0.1, -0.05) is 48.5 Å². The van der Waals surface area contributed by atoms with Gasteiger partial charge in [0.2, 0.25) is 23.7 Å². The quantitative estimate of drug-likeness (QED) is 0.477. The number of phenols is 1. The highest BCUT2D eigenvalue weighted by Gasteiger charge is 2.57. The summed E-state index contributed by atoms with van der Waals surface area (Å²) in [6.45, 7) is 1.23. The van der Waals surface area contributed by atoms with E-state index < -0.39 is 12.1 Å². The van der Waals surface area contributed by atoms with Crippen molar-refractivity contribution in [3.63, 3.8) is 0 Å². The van der Waals surface area contributed by atoms with E-state index >= 15 is 0 Å². The van der Waals surface area contributed by atoms with Gasteiger partial charge in [0, 0.05) is 24.3 Å². The van der Waals surface area contributed by atoms with Crippen LogP contribution in [0.15, 0.2) is 78.9 Å². The highest BCUT2D eigenvalue weighted by molar-refractivity contribution is 6.20. The summed E-state index contributed by atoms with van der Waals surface area (Å²) in [4.78, 5) is 29.7. The second-order valence-corrected chi connectivity index (χ2v) is 9.12. The average molecular weight is 498 g/mol. The van der Waals surface area contributed by atoms with Gasteiger partial charge in [0.25, 0.3) is 5.84 Å². The van der Waals surface area contributed by atoms with E-state index in [1.54, 1.807) is 56.7 Å². The molecule has 0 saturated heterocycles. The number of phenolic OH excluding ortho intramolecular Hbond substituents is 1. The summed E-state index contributed by atoms with van der Waals surface area (Å²) in [5, 5.41) is 9.93. The van der Waals surface area contributed by atoms with Crippen molar-refractivity contribution in [1.29, 1.82) is 0 Å². The maximum atomic E-state index is 13.9. The van der Waals surface area contributed by atoms with Crippen LogP contribution in [0.25, 0.3) is 6.08 Å². The van der Waals surface area contributed by atoms with Crippen LogP contribution in [0, 0.1) is 0 Å². The minimum absolute atomic E-state index is 0.0762. The standard InChI is InChI=1S/C30H28N2O5/c1-36-16-15-31-26(14-13-20-7-5-9-22(33)17-20)32(19-21-8-6-10-23(18-21)37-2)28-27(31)29(34)24-11-3-4-12-25(24)30(28)35/h3-14,17-18,27-28H,15-16,19H2,1-2H3/p+1/b14-13+. The second kappa shape index (κ2) is 10.4. The summed E-state index contributed by atoms with van der Waals surface area (Å²) < 4.78 is 12.8. The first kappa shape index (κ1) is 24.5. The number of nitrogens with zero attached hydrogens (tertiary/aromatic N) is 2. The zero-order valence-corrected chi connectivity index (χ0v) is 20.8. The van der Waals surface area contributed by atoms with Crippen LogP contribution >= 0.6 is 0 Å². The lowest BCUT2D eigenvalue weighted by Gasteiger charge is -2.27. The van der Waals surface area contributed by atoms with Crippen molar-refractivity contribution in [2.24, 2.45) is 0 Å². The SMILES string of the molecule is COCCN1C(/C=C/c2cccc(O)c2)=[N+](Cc2cccc(OC)c2)C2C(=O)c3ccccc3C(=O)C21. The zero-order valence-electron chi connectivity index (χ0n) is 20.8. The smallest absolute Gasteiger partial charge is 0.273 e. The Labute approximate surface area is 215 Å². The number of benzene rings is 3. The Hall–Kier alpha value is -4.23. The summed E-state index contributed by atoms with van der Waals surface area (Å²) in [5.41, 5.74) is 2.66. The largest absolute Gasteiger partial charge is 0.508 e. The van der Waals surface area contributed by atoms with Gasteiger partial charge < -0.3 is 14.6 Å². The zero-order chi connectivity index (χ0) is 25.9. The Morgan fingerprint density at radius 1 is 0.919 bits per heavy atom. The van der Waals surface area contributed by atoms with Crippen LogP contribution < -0.4 is 4.74 Å². The number of ketones is 2.